The molecule has 0 saturated carbocycles. The first kappa shape index (κ1) is 10.9. The molecule has 1 fully saturated rings. The van der Waals surface area contributed by atoms with Crippen molar-refractivity contribution in [2.24, 2.45) is 5.73 Å². The van der Waals surface area contributed by atoms with E-state index in [0.717, 1.165) is 32.6 Å². The molecule has 1 aliphatic rings. The largest absolute Gasteiger partial charge is 0.326 e. The Labute approximate surface area is 81.2 Å². The zero-order chi connectivity index (χ0) is 9.84. The fourth-order valence-corrected chi connectivity index (χ4v) is 1.56. The SMILES string of the molecule is CN(C)CCN(C)N1CCC(N)C1. The van der Waals surface area contributed by atoms with Crippen molar-refractivity contribution in [3.63, 3.8) is 0 Å². The third-order valence-electron chi connectivity index (χ3n) is 2.56. The average molecular weight is 186 g/mol. The van der Waals surface area contributed by atoms with Crippen molar-refractivity contribution in [3.05, 3.63) is 0 Å². The second-order valence-corrected chi connectivity index (χ2v) is 4.15. The number of rotatable bonds is 4. The van der Waals surface area contributed by atoms with Crippen LogP contribution in [0.3, 0.4) is 0 Å². The Balaban J connectivity index is 2.19. The van der Waals surface area contributed by atoms with Crippen LogP contribution in [0.2, 0.25) is 0 Å². The molecule has 4 nitrogen and oxygen atoms in total. The number of likely N-dealkylation sites (N-methyl/N-ethyl adjacent to an activating group) is 2. The lowest BCUT2D eigenvalue weighted by molar-refractivity contribution is 0.0185. The van der Waals surface area contributed by atoms with Gasteiger partial charge in [0, 0.05) is 39.3 Å². The van der Waals surface area contributed by atoms with Gasteiger partial charge in [0.2, 0.25) is 0 Å². The Kier molecular flexibility index (Phi) is 4.12. The summed E-state index contributed by atoms with van der Waals surface area (Å²) in [5.41, 5.74) is 5.84. The Bertz CT molecular complexity index is 149. The highest BCUT2D eigenvalue weighted by molar-refractivity contribution is 4.75. The van der Waals surface area contributed by atoms with Crippen molar-refractivity contribution >= 4 is 0 Å². The lowest BCUT2D eigenvalue weighted by Crippen LogP contribution is -2.42. The van der Waals surface area contributed by atoms with Crippen LogP contribution in [0.5, 0.6) is 0 Å². The summed E-state index contributed by atoms with van der Waals surface area (Å²) in [6, 6.07) is 0.377. The number of hydrazine groups is 1. The van der Waals surface area contributed by atoms with E-state index in [-0.39, 0.29) is 0 Å². The molecule has 0 spiro atoms. The molecular formula is C9H22N4. The highest BCUT2D eigenvalue weighted by Crippen LogP contribution is 2.08. The van der Waals surface area contributed by atoms with E-state index in [4.69, 9.17) is 5.73 Å². The topological polar surface area (TPSA) is 35.7 Å². The lowest BCUT2D eigenvalue weighted by Gasteiger charge is -2.28. The molecule has 0 aromatic carbocycles. The predicted molar refractivity (Wildman–Crippen MR) is 55.3 cm³/mol. The van der Waals surface area contributed by atoms with Crippen LogP contribution in [0.25, 0.3) is 0 Å². The van der Waals surface area contributed by atoms with E-state index < -0.39 is 0 Å². The number of nitrogens with zero attached hydrogens (tertiary/aromatic N) is 3. The van der Waals surface area contributed by atoms with Gasteiger partial charge in [0.15, 0.2) is 0 Å². The standard InChI is InChI=1S/C9H22N4/c1-11(2)6-7-12(3)13-5-4-9(10)8-13/h9H,4-8,10H2,1-3H3. The molecule has 1 aliphatic heterocycles. The molecule has 0 aromatic rings. The van der Waals surface area contributed by atoms with E-state index in [1.54, 1.807) is 0 Å². The molecule has 0 aromatic heterocycles. The van der Waals surface area contributed by atoms with Crippen LogP contribution < -0.4 is 5.73 Å². The molecule has 13 heavy (non-hydrogen) atoms. The first-order valence-corrected chi connectivity index (χ1v) is 4.96. The molecule has 1 rings (SSSR count). The van der Waals surface area contributed by atoms with Gasteiger partial charge in [-0.15, -0.1) is 0 Å². The first-order valence-electron chi connectivity index (χ1n) is 4.96. The van der Waals surface area contributed by atoms with E-state index in [9.17, 15) is 0 Å². The van der Waals surface area contributed by atoms with Crippen LogP contribution in [0, 0.1) is 0 Å². The second kappa shape index (κ2) is 4.91. The van der Waals surface area contributed by atoms with Gasteiger partial charge in [0.25, 0.3) is 0 Å². The normalized spacial score (nSPS) is 24.9. The Morgan fingerprint density at radius 3 is 2.46 bits per heavy atom. The molecule has 1 unspecified atom stereocenters. The molecule has 4 heteroatoms. The average Bonchev–Trinajstić information content (AvgIpc) is 2.47. The van der Waals surface area contributed by atoms with E-state index in [2.05, 4.69) is 36.1 Å². The van der Waals surface area contributed by atoms with Crippen molar-refractivity contribution in [2.75, 3.05) is 47.3 Å². The fraction of sp³-hybridized carbons (Fsp3) is 1.00. The summed E-state index contributed by atoms with van der Waals surface area (Å²) in [5, 5.41) is 4.63. The molecular weight excluding hydrogens is 164 g/mol. The zero-order valence-electron chi connectivity index (χ0n) is 9.03. The van der Waals surface area contributed by atoms with Crippen LogP contribution >= 0.6 is 0 Å². The van der Waals surface area contributed by atoms with Crippen LogP contribution in [0.15, 0.2) is 0 Å². The van der Waals surface area contributed by atoms with Gasteiger partial charge in [-0.05, 0) is 20.5 Å². The summed E-state index contributed by atoms with van der Waals surface area (Å²) >= 11 is 0. The van der Waals surface area contributed by atoms with Crippen LogP contribution in [0.1, 0.15) is 6.42 Å². The maximum atomic E-state index is 5.84. The quantitative estimate of drug-likeness (QED) is 0.638. The van der Waals surface area contributed by atoms with Crippen molar-refractivity contribution < 1.29 is 0 Å². The summed E-state index contributed by atoms with van der Waals surface area (Å²) in [4.78, 5) is 2.20. The molecule has 0 aliphatic carbocycles. The summed E-state index contributed by atoms with van der Waals surface area (Å²) < 4.78 is 0. The maximum Gasteiger partial charge on any atom is 0.0285 e. The van der Waals surface area contributed by atoms with Gasteiger partial charge in [-0.25, -0.2) is 10.0 Å². The van der Waals surface area contributed by atoms with E-state index in [0.29, 0.717) is 6.04 Å². The summed E-state index contributed by atoms with van der Waals surface area (Å²) in [6.45, 7) is 4.32. The van der Waals surface area contributed by atoms with Gasteiger partial charge in [0.1, 0.15) is 0 Å². The van der Waals surface area contributed by atoms with Gasteiger partial charge in [0.05, 0.1) is 0 Å². The minimum atomic E-state index is 0.377. The lowest BCUT2D eigenvalue weighted by atomic mass is 10.3. The van der Waals surface area contributed by atoms with Crippen LogP contribution in [-0.2, 0) is 0 Å². The van der Waals surface area contributed by atoms with Gasteiger partial charge in [-0.2, -0.15) is 0 Å². The summed E-state index contributed by atoms with van der Waals surface area (Å²) in [6.07, 6.45) is 1.13. The molecule has 1 atom stereocenters. The summed E-state index contributed by atoms with van der Waals surface area (Å²) in [7, 11) is 6.34. The molecule has 78 valence electrons. The monoisotopic (exact) mass is 186 g/mol. The van der Waals surface area contributed by atoms with Gasteiger partial charge >= 0.3 is 0 Å². The minimum Gasteiger partial charge on any atom is -0.326 e. The molecule has 0 bridgehead atoms. The number of nitrogens with two attached hydrogens (primary N) is 1. The Morgan fingerprint density at radius 2 is 2.00 bits per heavy atom. The van der Waals surface area contributed by atoms with Gasteiger partial charge < -0.3 is 10.6 Å². The maximum absolute atomic E-state index is 5.84. The van der Waals surface area contributed by atoms with Crippen molar-refractivity contribution in [2.45, 2.75) is 12.5 Å². The van der Waals surface area contributed by atoms with E-state index in [1.807, 2.05) is 0 Å². The highest BCUT2D eigenvalue weighted by Gasteiger charge is 2.21. The van der Waals surface area contributed by atoms with Crippen molar-refractivity contribution in [3.8, 4) is 0 Å². The fourth-order valence-electron chi connectivity index (χ4n) is 1.56. The number of hydrogen-bond donors (Lipinski definition) is 1. The van der Waals surface area contributed by atoms with E-state index >= 15 is 0 Å². The van der Waals surface area contributed by atoms with Gasteiger partial charge in [-0.3, -0.25) is 0 Å². The first-order chi connectivity index (χ1) is 6.09. The van der Waals surface area contributed by atoms with E-state index in [1.165, 1.54) is 0 Å². The minimum absolute atomic E-state index is 0.377. The Morgan fingerprint density at radius 1 is 1.31 bits per heavy atom. The van der Waals surface area contributed by atoms with Gasteiger partial charge in [-0.1, -0.05) is 0 Å². The zero-order valence-corrected chi connectivity index (χ0v) is 9.03. The van der Waals surface area contributed by atoms with Crippen LogP contribution in [0.4, 0.5) is 0 Å². The third-order valence-corrected chi connectivity index (χ3v) is 2.56. The summed E-state index contributed by atoms with van der Waals surface area (Å²) in [5.74, 6) is 0. The van der Waals surface area contributed by atoms with Crippen LogP contribution in [-0.4, -0.2) is 68.3 Å². The molecule has 0 amide bonds. The Hall–Kier alpha value is -0.160. The van der Waals surface area contributed by atoms with Crippen molar-refractivity contribution in [1.29, 1.82) is 0 Å². The van der Waals surface area contributed by atoms with Crippen molar-refractivity contribution in [1.82, 2.24) is 14.9 Å². The smallest absolute Gasteiger partial charge is 0.0285 e. The molecule has 1 saturated heterocycles. The third kappa shape index (κ3) is 3.60. The molecule has 1 heterocycles. The predicted octanol–water partition coefficient (Wildman–Crippen LogP) is -0.572. The highest BCUT2D eigenvalue weighted by atomic mass is 15.6. The molecule has 0 radical (unpaired) electrons. The molecule has 2 N–H and O–H groups in total. The number of hydrogen-bond acceptors (Lipinski definition) is 4. The second-order valence-electron chi connectivity index (χ2n) is 4.15.